The van der Waals surface area contributed by atoms with Crippen LogP contribution in [0.1, 0.15) is 26.5 Å². The lowest BCUT2D eigenvalue weighted by atomic mass is 10.2. The molecule has 10 nitrogen and oxygen atoms in total. The molecule has 0 radical (unpaired) electrons. The molecule has 172 valence electrons. The van der Waals surface area contributed by atoms with Crippen molar-refractivity contribution in [3.05, 3.63) is 102 Å². The first-order valence-electron chi connectivity index (χ1n) is 10.5. The van der Waals surface area contributed by atoms with Crippen molar-refractivity contribution in [2.75, 3.05) is 10.6 Å². The summed E-state index contributed by atoms with van der Waals surface area (Å²) in [5.41, 5.74) is 1.76. The number of benzene rings is 1. The van der Waals surface area contributed by atoms with Gasteiger partial charge in [-0.25, -0.2) is 19.3 Å². The number of aromatic nitrogens is 6. The van der Waals surface area contributed by atoms with Gasteiger partial charge in [0.25, 0.3) is 11.8 Å². The fourth-order valence-corrected chi connectivity index (χ4v) is 3.38. The lowest BCUT2D eigenvalue weighted by molar-refractivity contribution is 0.101. The van der Waals surface area contributed by atoms with E-state index in [1.807, 2.05) is 0 Å². The van der Waals surface area contributed by atoms with Crippen LogP contribution in [0.3, 0.4) is 0 Å². The van der Waals surface area contributed by atoms with E-state index in [9.17, 15) is 14.0 Å². The number of halogens is 1. The maximum atomic E-state index is 13.4. The zero-order valence-electron chi connectivity index (χ0n) is 18.1. The summed E-state index contributed by atoms with van der Waals surface area (Å²) in [7, 11) is 0. The molecule has 0 atom stereocenters. The third-order valence-corrected chi connectivity index (χ3v) is 5.04. The number of pyridine rings is 2. The normalized spacial score (nSPS) is 10.8. The summed E-state index contributed by atoms with van der Waals surface area (Å²) in [4.78, 5) is 46.5. The molecule has 4 heterocycles. The third kappa shape index (κ3) is 4.69. The van der Waals surface area contributed by atoms with Gasteiger partial charge in [-0.3, -0.25) is 29.4 Å². The van der Waals surface area contributed by atoms with Gasteiger partial charge in [-0.05, 0) is 42.0 Å². The van der Waals surface area contributed by atoms with Crippen LogP contribution in [-0.2, 0) is 6.54 Å². The van der Waals surface area contributed by atoms with E-state index in [0.717, 1.165) is 5.56 Å². The largest absolute Gasteiger partial charge is 0.303 e. The average molecular weight is 468 g/mol. The Bertz CT molecular complexity index is 1510. The molecule has 35 heavy (non-hydrogen) atoms. The minimum atomic E-state index is -0.478. The molecule has 2 N–H and O–H groups in total. The Balaban J connectivity index is 1.55. The van der Waals surface area contributed by atoms with Crippen LogP contribution in [0.5, 0.6) is 0 Å². The summed E-state index contributed by atoms with van der Waals surface area (Å²) in [6.07, 6.45) is 4.30. The molecule has 4 aromatic heterocycles. The summed E-state index contributed by atoms with van der Waals surface area (Å²) < 4.78 is 15.1. The predicted octanol–water partition coefficient (Wildman–Crippen LogP) is 3.31. The summed E-state index contributed by atoms with van der Waals surface area (Å²) >= 11 is 0. The van der Waals surface area contributed by atoms with Gasteiger partial charge in [0.05, 0.1) is 6.54 Å². The van der Waals surface area contributed by atoms with Crippen molar-refractivity contribution in [2.45, 2.75) is 6.54 Å². The van der Waals surface area contributed by atoms with Gasteiger partial charge in [-0.1, -0.05) is 24.3 Å². The molecule has 2 amide bonds. The van der Waals surface area contributed by atoms with Crippen molar-refractivity contribution in [3.8, 4) is 0 Å². The highest BCUT2D eigenvalue weighted by Crippen LogP contribution is 2.25. The van der Waals surface area contributed by atoms with Crippen LogP contribution in [0, 0.1) is 5.82 Å². The van der Waals surface area contributed by atoms with Gasteiger partial charge in [-0.2, -0.15) is 0 Å². The minimum Gasteiger partial charge on any atom is -0.303 e. The van der Waals surface area contributed by atoms with Crippen LogP contribution in [0.2, 0.25) is 0 Å². The first-order valence-corrected chi connectivity index (χ1v) is 10.5. The topological polar surface area (TPSA) is 128 Å². The lowest BCUT2D eigenvalue weighted by Crippen LogP contribution is -2.17. The SMILES string of the molecule is O=C(Nc1ncnc2c1nc(NC(=O)c1ccccn1)n2Cc1ccc(F)cc1)c1ccccn1. The van der Waals surface area contributed by atoms with E-state index in [2.05, 4.69) is 35.6 Å². The number of nitrogens with one attached hydrogen (secondary N) is 2. The van der Waals surface area contributed by atoms with Gasteiger partial charge >= 0.3 is 0 Å². The average Bonchev–Trinajstić information content (AvgIpc) is 3.24. The molecule has 0 aliphatic rings. The van der Waals surface area contributed by atoms with Crippen LogP contribution in [-0.4, -0.2) is 41.3 Å². The number of imidazole rings is 1. The number of hydrogen-bond donors (Lipinski definition) is 2. The van der Waals surface area contributed by atoms with E-state index in [4.69, 9.17) is 0 Å². The number of fused-ring (bicyclic) bond motifs is 1. The zero-order valence-corrected chi connectivity index (χ0v) is 18.1. The van der Waals surface area contributed by atoms with Crippen LogP contribution < -0.4 is 10.6 Å². The Hall–Kier alpha value is -5.06. The van der Waals surface area contributed by atoms with E-state index >= 15 is 0 Å². The lowest BCUT2D eigenvalue weighted by Gasteiger charge is -2.10. The quantitative estimate of drug-likeness (QED) is 0.391. The van der Waals surface area contributed by atoms with E-state index in [-0.39, 0.29) is 41.0 Å². The van der Waals surface area contributed by atoms with Gasteiger partial charge in [0.1, 0.15) is 23.5 Å². The van der Waals surface area contributed by atoms with E-state index in [0.29, 0.717) is 5.65 Å². The molecule has 0 spiro atoms. The number of carbonyl (C=O) groups excluding carboxylic acids is 2. The second-order valence-corrected chi connectivity index (χ2v) is 7.38. The molecule has 0 unspecified atom stereocenters. The summed E-state index contributed by atoms with van der Waals surface area (Å²) in [6.45, 7) is 0.221. The van der Waals surface area contributed by atoms with Crippen LogP contribution >= 0.6 is 0 Å². The number of anilines is 2. The Morgan fingerprint density at radius 3 is 2.09 bits per heavy atom. The molecular formula is C24H17FN8O2. The van der Waals surface area contributed by atoms with Gasteiger partial charge in [0.2, 0.25) is 5.95 Å². The number of amides is 2. The Kier molecular flexibility index (Phi) is 5.87. The van der Waals surface area contributed by atoms with Crippen molar-refractivity contribution >= 4 is 34.7 Å². The van der Waals surface area contributed by atoms with E-state index in [1.54, 1.807) is 53.1 Å². The van der Waals surface area contributed by atoms with Gasteiger partial charge in [0.15, 0.2) is 17.0 Å². The molecule has 11 heteroatoms. The summed E-state index contributed by atoms with van der Waals surface area (Å²) in [5.74, 6) is -1.01. The van der Waals surface area contributed by atoms with E-state index in [1.165, 1.54) is 30.9 Å². The molecule has 0 aliphatic heterocycles. The molecule has 1 aromatic carbocycles. The van der Waals surface area contributed by atoms with Crippen molar-refractivity contribution in [1.82, 2.24) is 29.5 Å². The standard InChI is InChI=1S/C24H17FN8O2/c25-16-9-7-15(8-10-16)13-33-21-19(30-24(33)32-23(35)18-6-2-4-12-27-18)20(28-14-29-21)31-22(34)17-5-1-3-11-26-17/h1-12,14H,13H2,(H,30,32,35)(H,28,29,31,34). The molecule has 0 fully saturated rings. The van der Waals surface area contributed by atoms with Crippen molar-refractivity contribution in [2.24, 2.45) is 0 Å². The monoisotopic (exact) mass is 468 g/mol. The Morgan fingerprint density at radius 1 is 0.800 bits per heavy atom. The fraction of sp³-hybridized carbons (Fsp3) is 0.0417. The smallest absolute Gasteiger partial charge is 0.276 e. The maximum Gasteiger partial charge on any atom is 0.276 e. The Labute approximate surface area is 197 Å². The summed E-state index contributed by atoms with van der Waals surface area (Å²) in [6, 6.07) is 15.9. The molecule has 0 aliphatic carbocycles. The predicted molar refractivity (Wildman–Crippen MR) is 125 cm³/mol. The molecule has 5 aromatic rings. The first-order chi connectivity index (χ1) is 17.1. The van der Waals surface area contributed by atoms with E-state index < -0.39 is 11.8 Å². The molecular weight excluding hydrogens is 451 g/mol. The molecule has 0 bridgehead atoms. The Morgan fingerprint density at radius 2 is 1.46 bits per heavy atom. The van der Waals surface area contributed by atoms with Crippen LogP contribution in [0.25, 0.3) is 11.2 Å². The minimum absolute atomic E-state index is 0.150. The van der Waals surface area contributed by atoms with Gasteiger partial charge in [0, 0.05) is 12.4 Å². The fourth-order valence-electron chi connectivity index (χ4n) is 3.38. The highest BCUT2D eigenvalue weighted by Gasteiger charge is 2.20. The molecule has 0 saturated heterocycles. The highest BCUT2D eigenvalue weighted by atomic mass is 19.1. The third-order valence-electron chi connectivity index (χ3n) is 5.04. The van der Waals surface area contributed by atoms with Gasteiger partial charge in [-0.15, -0.1) is 0 Å². The van der Waals surface area contributed by atoms with Crippen molar-refractivity contribution < 1.29 is 14.0 Å². The van der Waals surface area contributed by atoms with Gasteiger partial charge < -0.3 is 5.32 Å². The molecule has 5 rings (SSSR count). The van der Waals surface area contributed by atoms with Crippen molar-refractivity contribution in [3.63, 3.8) is 0 Å². The highest BCUT2D eigenvalue weighted by molar-refractivity contribution is 6.06. The number of rotatable bonds is 6. The first kappa shape index (κ1) is 21.8. The van der Waals surface area contributed by atoms with Crippen LogP contribution in [0.4, 0.5) is 16.2 Å². The summed E-state index contributed by atoms with van der Waals surface area (Å²) in [5, 5.41) is 5.44. The van der Waals surface area contributed by atoms with Crippen molar-refractivity contribution in [1.29, 1.82) is 0 Å². The second-order valence-electron chi connectivity index (χ2n) is 7.38. The second kappa shape index (κ2) is 9.43. The molecule has 0 saturated carbocycles. The zero-order chi connectivity index (χ0) is 24.2. The van der Waals surface area contributed by atoms with Crippen LogP contribution in [0.15, 0.2) is 79.4 Å². The number of nitrogens with zero attached hydrogens (tertiary/aromatic N) is 6. The number of carbonyl (C=O) groups is 2. The number of hydrogen-bond acceptors (Lipinski definition) is 7. The maximum absolute atomic E-state index is 13.4.